The molecule has 0 amide bonds. The van der Waals surface area contributed by atoms with Crippen LogP contribution in [0.5, 0.6) is 5.75 Å². The number of ether oxygens (including phenoxy) is 1. The second-order valence-corrected chi connectivity index (χ2v) is 9.37. The zero-order chi connectivity index (χ0) is 24.2. The van der Waals surface area contributed by atoms with Crippen LogP contribution in [0, 0.1) is 12.7 Å². The second kappa shape index (κ2) is 10.3. The number of ketones is 2. The van der Waals surface area contributed by atoms with Gasteiger partial charge in [-0.25, -0.2) is 9.37 Å². The Bertz CT molecular complexity index is 1430. The van der Waals surface area contributed by atoms with Crippen LogP contribution in [-0.2, 0) is 17.8 Å². The third-order valence-corrected chi connectivity index (χ3v) is 6.32. The van der Waals surface area contributed by atoms with E-state index in [1.807, 2.05) is 37.3 Å². The summed E-state index contributed by atoms with van der Waals surface area (Å²) in [4.78, 5) is 44.1. The number of carbonyl (C=O) groups excluding carboxylic acids is 2. The molecule has 2 heterocycles. The van der Waals surface area contributed by atoms with Gasteiger partial charge in [-0.3, -0.25) is 18.8 Å². The number of thiazole rings is 1. The Morgan fingerprint density at radius 1 is 1.12 bits per heavy atom. The van der Waals surface area contributed by atoms with E-state index in [0.717, 1.165) is 10.4 Å². The van der Waals surface area contributed by atoms with Crippen LogP contribution in [0.3, 0.4) is 0 Å². The maximum Gasteiger partial charge on any atom is 0.301 e. The van der Waals surface area contributed by atoms with E-state index in [1.54, 1.807) is 12.3 Å². The maximum atomic E-state index is 13.6. The van der Waals surface area contributed by atoms with Gasteiger partial charge >= 0.3 is 5.56 Å². The van der Waals surface area contributed by atoms with Crippen LogP contribution in [0.25, 0.3) is 4.96 Å². The Kier molecular flexibility index (Phi) is 7.19. The molecule has 0 atom stereocenters. The zero-order valence-corrected chi connectivity index (χ0v) is 19.8. The van der Waals surface area contributed by atoms with E-state index in [4.69, 9.17) is 16.3 Å². The molecule has 4 rings (SSSR count). The monoisotopic (exact) mass is 498 g/mol. The van der Waals surface area contributed by atoms with Crippen LogP contribution in [0.2, 0.25) is 5.02 Å². The molecular weight excluding hydrogens is 479 g/mol. The molecule has 4 aromatic rings. The minimum Gasteiger partial charge on any atom is -0.481 e. The predicted molar refractivity (Wildman–Crippen MR) is 129 cm³/mol. The van der Waals surface area contributed by atoms with Gasteiger partial charge < -0.3 is 4.74 Å². The van der Waals surface area contributed by atoms with Gasteiger partial charge in [0, 0.05) is 30.3 Å². The minimum absolute atomic E-state index is 0.0222. The van der Waals surface area contributed by atoms with Crippen LogP contribution in [0.15, 0.2) is 59.5 Å². The standard InChI is InChI=1S/C25H20ClFN2O4S/c1-15-13-29-24(32)23(33-14-16-5-3-2-4-6-16)22(28-25(29)34-15)21(31)10-8-18(30)11-17-7-9-19(26)20(27)12-17/h2-7,9,12-13H,8,10-11,14H2,1H3. The Labute approximate surface area is 203 Å². The number of halogens is 2. The fraction of sp³-hybridized carbons (Fsp3) is 0.200. The highest BCUT2D eigenvalue weighted by Crippen LogP contribution is 2.22. The number of Topliss-reactive ketones (excluding diaryl/α,β-unsaturated/α-hetero) is 2. The van der Waals surface area contributed by atoms with Crippen molar-refractivity contribution in [3.05, 3.63) is 97.6 Å². The van der Waals surface area contributed by atoms with Crippen LogP contribution in [0.1, 0.15) is 39.3 Å². The van der Waals surface area contributed by atoms with Gasteiger partial charge in [0.25, 0.3) is 0 Å². The van der Waals surface area contributed by atoms with Crippen molar-refractivity contribution in [1.82, 2.24) is 9.38 Å². The van der Waals surface area contributed by atoms with Crippen LogP contribution >= 0.6 is 22.9 Å². The summed E-state index contributed by atoms with van der Waals surface area (Å²) in [7, 11) is 0. The minimum atomic E-state index is -0.604. The van der Waals surface area contributed by atoms with Gasteiger partial charge in [-0.1, -0.05) is 48.0 Å². The SMILES string of the molecule is Cc1cn2c(=O)c(OCc3ccccc3)c(C(=O)CCC(=O)Cc3ccc(Cl)c(F)c3)nc2s1. The molecular formula is C25H20ClFN2O4S. The molecule has 2 aromatic heterocycles. The quantitative estimate of drug-likeness (QED) is 0.296. The molecule has 0 spiro atoms. The fourth-order valence-corrected chi connectivity index (χ4v) is 4.36. The normalized spacial score (nSPS) is 11.0. The highest BCUT2D eigenvalue weighted by Gasteiger charge is 2.22. The van der Waals surface area contributed by atoms with Gasteiger partial charge in [-0.05, 0) is 30.2 Å². The molecule has 2 aromatic carbocycles. The van der Waals surface area contributed by atoms with Crippen molar-refractivity contribution in [2.75, 3.05) is 0 Å². The molecule has 0 fully saturated rings. The smallest absolute Gasteiger partial charge is 0.301 e. The van der Waals surface area contributed by atoms with Crippen molar-refractivity contribution in [1.29, 1.82) is 0 Å². The molecule has 34 heavy (non-hydrogen) atoms. The average molecular weight is 499 g/mol. The van der Waals surface area contributed by atoms with Gasteiger partial charge in [-0.15, -0.1) is 11.3 Å². The molecule has 0 bridgehead atoms. The Hall–Kier alpha value is -3.36. The van der Waals surface area contributed by atoms with Crippen LogP contribution in [-0.4, -0.2) is 21.0 Å². The summed E-state index contributed by atoms with van der Waals surface area (Å²) in [5, 5.41) is -0.0222. The highest BCUT2D eigenvalue weighted by molar-refractivity contribution is 7.16. The zero-order valence-electron chi connectivity index (χ0n) is 18.2. The van der Waals surface area contributed by atoms with Gasteiger partial charge in [0.05, 0.1) is 5.02 Å². The third kappa shape index (κ3) is 5.40. The molecule has 0 aliphatic rings. The van der Waals surface area contributed by atoms with Gasteiger partial charge in [0.2, 0.25) is 5.75 Å². The molecule has 6 nitrogen and oxygen atoms in total. The second-order valence-electron chi connectivity index (χ2n) is 7.75. The largest absolute Gasteiger partial charge is 0.481 e. The summed E-state index contributed by atoms with van der Waals surface area (Å²) in [6, 6.07) is 13.4. The third-order valence-electron chi connectivity index (χ3n) is 5.11. The number of fused-ring (bicyclic) bond motifs is 1. The summed E-state index contributed by atoms with van der Waals surface area (Å²) in [5.41, 5.74) is 0.736. The van der Waals surface area contributed by atoms with E-state index in [2.05, 4.69) is 4.98 Å². The number of aryl methyl sites for hydroxylation is 1. The predicted octanol–water partition coefficient (Wildman–Crippen LogP) is 5.21. The van der Waals surface area contributed by atoms with E-state index in [-0.39, 0.29) is 48.1 Å². The number of aromatic nitrogens is 2. The Morgan fingerprint density at radius 2 is 1.88 bits per heavy atom. The Balaban J connectivity index is 1.53. The molecule has 174 valence electrons. The van der Waals surface area contributed by atoms with Crippen LogP contribution < -0.4 is 10.3 Å². The van der Waals surface area contributed by atoms with Gasteiger partial charge in [0.15, 0.2) is 16.4 Å². The van der Waals surface area contributed by atoms with Crippen molar-refractivity contribution < 1.29 is 18.7 Å². The van der Waals surface area contributed by atoms with Gasteiger partial charge in [-0.2, -0.15) is 0 Å². The van der Waals surface area contributed by atoms with E-state index < -0.39 is 17.2 Å². The first kappa shape index (κ1) is 23.8. The number of rotatable bonds is 9. The van der Waals surface area contributed by atoms with Crippen molar-refractivity contribution >= 4 is 39.5 Å². The molecule has 9 heteroatoms. The molecule has 0 N–H and O–H groups in total. The topological polar surface area (TPSA) is 77.7 Å². The van der Waals surface area contributed by atoms with E-state index in [0.29, 0.717) is 10.5 Å². The molecule has 0 saturated carbocycles. The van der Waals surface area contributed by atoms with Crippen LogP contribution in [0.4, 0.5) is 4.39 Å². The number of hydrogen-bond acceptors (Lipinski definition) is 6. The number of nitrogens with zero attached hydrogens (tertiary/aromatic N) is 2. The summed E-state index contributed by atoms with van der Waals surface area (Å²) in [5.74, 6) is -1.46. The first-order chi connectivity index (χ1) is 16.3. The molecule has 0 saturated heterocycles. The highest BCUT2D eigenvalue weighted by atomic mass is 35.5. The summed E-state index contributed by atoms with van der Waals surface area (Å²) in [6.07, 6.45) is 1.39. The average Bonchev–Trinajstić information content (AvgIpc) is 3.20. The fourth-order valence-electron chi connectivity index (χ4n) is 3.42. The number of carbonyl (C=O) groups is 2. The number of hydrogen-bond donors (Lipinski definition) is 0. The van der Waals surface area contributed by atoms with E-state index >= 15 is 0 Å². The lowest BCUT2D eigenvalue weighted by molar-refractivity contribution is -0.118. The van der Waals surface area contributed by atoms with Crippen molar-refractivity contribution in [3.8, 4) is 5.75 Å². The molecule has 0 aliphatic carbocycles. The summed E-state index contributed by atoms with van der Waals surface area (Å²) in [6.45, 7) is 1.93. The maximum absolute atomic E-state index is 13.6. The van der Waals surface area contributed by atoms with Crippen molar-refractivity contribution in [2.24, 2.45) is 0 Å². The molecule has 0 radical (unpaired) electrons. The lowest BCUT2D eigenvalue weighted by atomic mass is 10.0. The first-order valence-electron chi connectivity index (χ1n) is 10.5. The lowest BCUT2D eigenvalue weighted by Crippen LogP contribution is -2.21. The van der Waals surface area contributed by atoms with Gasteiger partial charge in [0.1, 0.15) is 18.2 Å². The summed E-state index contributed by atoms with van der Waals surface area (Å²) < 4.78 is 20.7. The number of benzene rings is 2. The van der Waals surface area contributed by atoms with Crippen molar-refractivity contribution in [3.63, 3.8) is 0 Å². The molecule has 0 unspecified atom stereocenters. The van der Waals surface area contributed by atoms with Crippen molar-refractivity contribution in [2.45, 2.75) is 32.8 Å². The first-order valence-corrected chi connectivity index (χ1v) is 11.7. The Morgan fingerprint density at radius 3 is 2.62 bits per heavy atom. The molecule has 0 aliphatic heterocycles. The summed E-state index contributed by atoms with van der Waals surface area (Å²) >= 11 is 6.95. The lowest BCUT2D eigenvalue weighted by Gasteiger charge is -2.10. The van der Waals surface area contributed by atoms with E-state index in [9.17, 15) is 18.8 Å². The van der Waals surface area contributed by atoms with E-state index in [1.165, 1.54) is 27.9 Å².